The van der Waals surface area contributed by atoms with E-state index >= 15 is 0 Å². The average Bonchev–Trinajstić information content (AvgIpc) is 2.27. The number of anilines is 1. The molecule has 7 heteroatoms. The van der Waals surface area contributed by atoms with Crippen molar-refractivity contribution in [2.45, 2.75) is 24.3 Å². The first-order valence-corrected chi connectivity index (χ1v) is 6.51. The third-order valence-electron chi connectivity index (χ3n) is 2.31. The van der Waals surface area contributed by atoms with Gasteiger partial charge in [0.2, 0.25) is 10.0 Å². The highest BCUT2D eigenvalue weighted by Gasteiger charge is 2.21. The number of ether oxygens (including phenoxy) is 1. The molecule has 0 bridgehead atoms. The Kier molecular flexibility index (Phi) is 4.07. The van der Waals surface area contributed by atoms with Gasteiger partial charge < -0.3 is 10.5 Å². The van der Waals surface area contributed by atoms with Crippen molar-refractivity contribution in [3.63, 3.8) is 0 Å². The third-order valence-corrected chi connectivity index (χ3v) is 3.70. The molecule has 0 aliphatic carbocycles. The van der Waals surface area contributed by atoms with Crippen LogP contribution in [0.4, 0.5) is 5.82 Å². The summed E-state index contributed by atoms with van der Waals surface area (Å²) < 4.78 is 31.3. The molecule has 0 spiro atoms. The van der Waals surface area contributed by atoms with Crippen LogP contribution >= 0.6 is 0 Å². The van der Waals surface area contributed by atoms with Crippen LogP contribution in [0.3, 0.4) is 0 Å². The van der Waals surface area contributed by atoms with E-state index in [1.54, 1.807) is 13.8 Å². The second-order valence-corrected chi connectivity index (χ2v) is 5.97. The number of pyridine rings is 1. The molecule has 6 nitrogen and oxygen atoms in total. The molecular formula is C10H17N3O3S. The second-order valence-electron chi connectivity index (χ2n) is 4.21. The van der Waals surface area contributed by atoms with Gasteiger partial charge in [0, 0.05) is 19.9 Å². The molecule has 1 aromatic rings. The van der Waals surface area contributed by atoms with Crippen LogP contribution < -0.4 is 10.5 Å². The molecule has 1 rings (SSSR count). The van der Waals surface area contributed by atoms with Crippen LogP contribution in [0, 0.1) is 0 Å². The molecule has 0 radical (unpaired) electrons. The summed E-state index contributed by atoms with van der Waals surface area (Å²) in [7, 11) is -2.04. The van der Waals surface area contributed by atoms with Crippen LogP contribution in [0.25, 0.3) is 0 Å². The van der Waals surface area contributed by atoms with Crippen molar-refractivity contribution in [1.29, 1.82) is 0 Å². The summed E-state index contributed by atoms with van der Waals surface area (Å²) >= 11 is 0. The van der Waals surface area contributed by atoms with Gasteiger partial charge in [0.1, 0.15) is 10.7 Å². The molecule has 0 amide bonds. The summed E-state index contributed by atoms with van der Waals surface area (Å²) in [5.41, 5.74) is 4.83. The predicted molar refractivity (Wildman–Crippen MR) is 64.9 cm³/mol. The molecule has 0 unspecified atom stereocenters. The van der Waals surface area contributed by atoms with Crippen molar-refractivity contribution in [2.75, 3.05) is 19.4 Å². The zero-order valence-corrected chi connectivity index (χ0v) is 10.9. The summed E-state index contributed by atoms with van der Waals surface area (Å²) in [5.74, 6) is 0.279. The van der Waals surface area contributed by atoms with E-state index in [9.17, 15) is 8.42 Å². The number of sulfonamides is 1. The predicted octanol–water partition coefficient (Wildman–Crippen LogP) is 0.367. The minimum absolute atomic E-state index is 0.0820. The van der Waals surface area contributed by atoms with Crippen molar-refractivity contribution in [3.8, 4) is 0 Å². The molecule has 96 valence electrons. The van der Waals surface area contributed by atoms with Crippen LogP contribution in [0.2, 0.25) is 0 Å². The number of methoxy groups -OCH3 is 1. The zero-order valence-electron chi connectivity index (χ0n) is 10.1. The van der Waals surface area contributed by atoms with Crippen molar-refractivity contribution < 1.29 is 13.2 Å². The summed E-state index contributed by atoms with van der Waals surface area (Å²) in [6.07, 6.45) is 1.22. The Balaban J connectivity index is 2.79. The van der Waals surface area contributed by atoms with Gasteiger partial charge in [-0.25, -0.2) is 18.1 Å². The lowest BCUT2D eigenvalue weighted by Crippen LogP contribution is -2.39. The van der Waals surface area contributed by atoms with E-state index in [1.807, 2.05) is 0 Å². The van der Waals surface area contributed by atoms with Crippen LogP contribution in [-0.2, 0) is 14.8 Å². The highest BCUT2D eigenvalue weighted by Crippen LogP contribution is 2.11. The van der Waals surface area contributed by atoms with Crippen LogP contribution in [0.15, 0.2) is 23.2 Å². The van der Waals surface area contributed by atoms with Gasteiger partial charge in [-0.15, -0.1) is 0 Å². The molecule has 1 aromatic heterocycles. The maximum absolute atomic E-state index is 11.9. The Hall–Kier alpha value is -1.18. The lowest BCUT2D eigenvalue weighted by molar-refractivity contribution is 0.0276. The van der Waals surface area contributed by atoms with E-state index in [0.29, 0.717) is 0 Å². The number of aromatic nitrogens is 1. The second kappa shape index (κ2) is 4.99. The Labute approximate surface area is 101 Å². The average molecular weight is 259 g/mol. The van der Waals surface area contributed by atoms with Crippen molar-refractivity contribution in [2.24, 2.45) is 0 Å². The highest BCUT2D eigenvalue weighted by atomic mass is 32.2. The number of hydrogen-bond donors (Lipinski definition) is 2. The van der Waals surface area contributed by atoms with Crippen LogP contribution in [0.1, 0.15) is 13.8 Å². The summed E-state index contributed by atoms with van der Waals surface area (Å²) in [6.45, 7) is 3.75. The summed E-state index contributed by atoms with van der Waals surface area (Å²) in [6, 6.07) is 2.85. The number of nitrogens with two attached hydrogens (primary N) is 1. The van der Waals surface area contributed by atoms with Crippen molar-refractivity contribution in [3.05, 3.63) is 18.3 Å². The van der Waals surface area contributed by atoms with Gasteiger partial charge in [-0.05, 0) is 26.0 Å². The van der Waals surface area contributed by atoms with Gasteiger partial charge in [0.05, 0.1) is 5.60 Å². The summed E-state index contributed by atoms with van der Waals surface area (Å²) in [5, 5.41) is 0. The molecule has 17 heavy (non-hydrogen) atoms. The standard InChI is InChI=1S/C10H17N3O3S/c1-10(2,16-3)7-13-17(14,15)8-4-5-9(11)12-6-8/h4-6,13H,7H2,1-3H3,(H2,11,12). The molecule has 0 aromatic carbocycles. The minimum atomic E-state index is -3.57. The first kappa shape index (κ1) is 13.9. The lowest BCUT2D eigenvalue weighted by Gasteiger charge is -2.22. The molecule has 0 aliphatic heterocycles. The SMILES string of the molecule is COC(C)(C)CNS(=O)(=O)c1ccc(N)nc1. The third kappa shape index (κ3) is 3.95. The molecular weight excluding hydrogens is 242 g/mol. The van der Waals surface area contributed by atoms with Gasteiger partial charge in [-0.1, -0.05) is 0 Å². The normalized spacial score (nSPS) is 12.6. The Morgan fingerprint density at radius 3 is 2.59 bits per heavy atom. The number of nitrogens with zero attached hydrogens (tertiary/aromatic N) is 1. The smallest absolute Gasteiger partial charge is 0.242 e. The highest BCUT2D eigenvalue weighted by molar-refractivity contribution is 7.89. The van der Waals surface area contributed by atoms with Gasteiger partial charge in [0.15, 0.2) is 0 Å². The first-order chi connectivity index (χ1) is 7.77. The molecule has 0 saturated carbocycles. The fraction of sp³-hybridized carbons (Fsp3) is 0.500. The van der Waals surface area contributed by atoms with Gasteiger partial charge >= 0.3 is 0 Å². The molecule has 3 N–H and O–H groups in total. The van der Waals surface area contributed by atoms with Crippen LogP contribution in [0.5, 0.6) is 0 Å². The molecule has 0 aliphatic rings. The van der Waals surface area contributed by atoms with E-state index in [-0.39, 0.29) is 17.3 Å². The number of rotatable bonds is 5. The minimum Gasteiger partial charge on any atom is -0.384 e. The Morgan fingerprint density at radius 1 is 1.47 bits per heavy atom. The van der Waals surface area contributed by atoms with E-state index in [4.69, 9.17) is 10.5 Å². The molecule has 0 fully saturated rings. The summed E-state index contributed by atoms with van der Waals surface area (Å²) in [4.78, 5) is 3.82. The zero-order chi connectivity index (χ0) is 13.1. The van der Waals surface area contributed by atoms with E-state index in [2.05, 4.69) is 9.71 Å². The fourth-order valence-corrected chi connectivity index (χ4v) is 2.12. The van der Waals surface area contributed by atoms with E-state index in [0.717, 1.165) is 0 Å². The first-order valence-electron chi connectivity index (χ1n) is 5.03. The van der Waals surface area contributed by atoms with Crippen molar-refractivity contribution >= 4 is 15.8 Å². The Bertz CT molecular complexity index is 468. The number of hydrogen-bond acceptors (Lipinski definition) is 5. The molecule has 1 heterocycles. The number of nitrogen functional groups attached to an aromatic ring is 1. The van der Waals surface area contributed by atoms with Gasteiger partial charge in [-0.3, -0.25) is 0 Å². The monoisotopic (exact) mass is 259 g/mol. The Morgan fingerprint density at radius 2 is 2.12 bits per heavy atom. The largest absolute Gasteiger partial charge is 0.384 e. The fourth-order valence-electron chi connectivity index (χ4n) is 0.975. The molecule has 0 atom stereocenters. The van der Waals surface area contributed by atoms with Gasteiger partial charge in [-0.2, -0.15) is 0 Å². The van der Waals surface area contributed by atoms with Crippen molar-refractivity contribution in [1.82, 2.24) is 9.71 Å². The maximum atomic E-state index is 11.9. The number of nitrogens with one attached hydrogen (secondary N) is 1. The van der Waals surface area contributed by atoms with E-state index in [1.165, 1.54) is 25.4 Å². The maximum Gasteiger partial charge on any atom is 0.242 e. The van der Waals surface area contributed by atoms with E-state index < -0.39 is 15.6 Å². The van der Waals surface area contributed by atoms with Gasteiger partial charge in [0.25, 0.3) is 0 Å². The molecule has 0 saturated heterocycles. The quantitative estimate of drug-likeness (QED) is 0.796. The van der Waals surface area contributed by atoms with Crippen LogP contribution in [-0.4, -0.2) is 32.7 Å². The topological polar surface area (TPSA) is 94.3 Å². The lowest BCUT2D eigenvalue weighted by atomic mass is 10.1.